The largest absolute Gasteiger partial charge is 0.482 e. The zero-order valence-corrected chi connectivity index (χ0v) is 12.4. The minimum atomic E-state index is -0.986. The van der Waals surface area contributed by atoms with Crippen LogP contribution >= 0.6 is 11.3 Å². The summed E-state index contributed by atoms with van der Waals surface area (Å²) in [6.07, 6.45) is 3.94. The van der Waals surface area contributed by atoms with Gasteiger partial charge in [0.25, 0.3) is 0 Å². The van der Waals surface area contributed by atoms with E-state index in [1.54, 1.807) is 23.5 Å². The fourth-order valence-electron chi connectivity index (χ4n) is 1.95. The van der Waals surface area contributed by atoms with Gasteiger partial charge in [-0.25, -0.2) is 9.78 Å². The summed E-state index contributed by atoms with van der Waals surface area (Å²) in [6.45, 7) is -0.332. The van der Waals surface area contributed by atoms with Gasteiger partial charge in [0.15, 0.2) is 6.61 Å². The lowest BCUT2D eigenvalue weighted by molar-refractivity contribution is -0.139. The molecule has 1 aromatic heterocycles. The van der Waals surface area contributed by atoms with Crippen molar-refractivity contribution in [1.29, 1.82) is 0 Å². The number of carboxylic acids is 1. The van der Waals surface area contributed by atoms with E-state index in [0.29, 0.717) is 5.75 Å². The molecule has 0 aliphatic rings. The maximum absolute atomic E-state index is 10.4. The van der Waals surface area contributed by atoms with Gasteiger partial charge in [-0.05, 0) is 35.9 Å². The van der Waals surface area contributed by atoms with E-state index >= 15 is 0 Å². The van der Waals surface area contributed by atoms with Crippen LogP contribution in [0, 0.1) is 0 Å². The standard InChI is InChI=1S/C17H13NO3S/c19-17(20)11-21-13-8-5-12(6-9-13)7-10-16-18-14-3-1-2-4-15(14)22-16/h1-10H,11H2,(H,19,20)/b10-7+. The highest BCUT2D eigenvalue weighted by Gasteiger charge is 2.00. The Bertz CT molecular complexity index is 788. The maximum atomic E-state index is 10.4. The second-order valence-corrected chi connectivity index (χ2v) is 5.67. The maximum Gasteiger partial charge on any atom is 0.341 e. The number of hydrogen-bond donors (Lipinski definition) is 1. The molecule has 3 aromatic rings. The number of aliphatic carboxylic acids is 1. The molecule has 0 radical (unpaired) electrons. The first-order valence-electron chi connectivity index (χ1n) is 6.69. The number of fused-ring (bicyclic) bond motifs is 1. The Balaban J connectivity index is 1.70. The van der Waals surface area contributed by atoms with Gasteiger partial charge in [0.05, 0.1) is 10.2 Å². The van der Waals surface area contributed by atoms with Crippen LogP contribution in [0.15, 0.2) is 48.5 Å². The topological polar surface area (TPSA) is 59.4 Å². The summed E-state index contributed by atoms with van der Waals surface area (Å²) in [5.74, 6) is -0.445. The molecule has 0 atom stereocenters. The van der Waals surface area contributed by atoms with Gasteiger partial charge in [0.1, 0.15) is 10.8 Å². The number of para-hydroxylation sites is 1. The number of hydrogen-bond acceptors (Lipinski definition) is 4. The number of aromatic nitrogens is 1. The molecule has 4 nitrogen and oxygen atoms in total. The molecule has 0 unspecified atom stereocenters. The van der Waals surface area contributed by atoms with Crippen LogP contribution in [-0.2, 0) is 4.79 Å². The zero-order chi connectivity index (χ0) is 15.4. The van der Waals surface area contributed by atoms with Crippen molar-refractivity contribution in [3.8, 4) is 5.75 Å². The summed E-state index contributed by atoms with van der Waals surface area (Å²) in [7, 11) is 0. The predicted molar refractivity (Wildman–Crippen MR) is 88.1 cm³/mol. The van der Waals surface area contributed by atoms with Crippen LogP contribution in [0.5, 0.6) is 5.75 Å². The van der Waals surface area contributed by atoms with Crippen molar-refractivity contribution in [2.24, 2.45) is 0 Å². The van der Waals surface area contributed by atoms with E-state index in [1.165, 1.54) is 4.70 Å². The van der Waals surface area contributed by atoms with Crippen molar-refractivity contribution in [3.05, 3.63) is 59.1 Å². The van der Waals surface area contributed by atoms with Gasteiger partial charge < -0.3 is 9.84 Å². The minimum Gasteiger partial charge on any atom is -0.482 e. The average Bonchev–Trinajstić information content (AvgIpc) is 2.95. The summed E-state index contributed by atoms with van der Waals surface area (Å²) >= 11 is 1.64. The summed E-state index contributed by atoms with van der Waals surface area (Å²) in [6, 6.07) is 15.3. The van der Waals surface area contributed by atoms with Crippen molar-refractivity contribution in [3.63, 3.8) is 0 Å². The molecule has 5 heteroatoms. The predicted octanol–water partition coefficient (Wildman–Crippen LogP) is 3.93. The van der Waals surface area contributed by atoms with Crippen LogP contribution in [0.2, 0.25) is 0 Å². The van der Waals surface area contributed by atoms with Crippen LogP contribution in [0.4, 0.5) is 0 Å². The van der Waals surface area contributed by atoms with Gasteiger partial charge in [-0.2, -0.15) is 0 Å². The SMILES string of the molecule is O=C(O)COc1ccc(/C=C/c2nc3ccccc3s2)cc1. The molecule has 1 N–H and O–H groups in total. The van der Waals surface area contributed by atoms with E-state index in [2.05, 4.69) is 11.1 Å². The van der Waals surface area contributed by atoms with E-state index in [0.717, 1.165) is 16.1 Å². The second kappa shape index (κ2) is 6.41. The highest BCUT2D eigenvalue weighted by atomic mass is 32.1. The van der Waals surface area contributed by atoms with Crippen LogP contribution in [-0.4, -0.2) is 22.7 Å². The highest BCUT2D eigenvalue weighted by Crippen LogP contribution is 2.23. The van der Waals surface area contributed by atoms with Gasteiger partial charge in [-0.3, -0.25) is 0 Å². The van der Waals surface area contributed by atoms with Crippen LogP contribution in [0.1, 0.15) is 10.6 Å². The van der Waals surface area contributed by atoms with Crippen molar-refractivity contribution < 1.29 is 14.6 Å². The second-order valence-electron chi connectivity index (χ2n) is 4.60. The van der Waals surface area contributed by atoms with E-state index in [1.807, 2.05) is 42.5 Å². The number of benzene rings is 2. The fourth-order valence-corrected chi connectivity index (χ4v) is 2.82. The molecule has 1 heterocycles. The molecule has 2 aromatic carbocycles. The Morgan fingerprint density at radius 1 is 1.14 bits per heavy atom. The third kappa shape index (κ3) is 3.51. The molecule has 0 saturated carbocycles. The van der Waals surface area contributed by atoms with Gasteiger partial charge in [0, 0.05) is 0 Å². The van der Waals surface area contributed by atoms with Crippen LogP contribution < -0.4 is 4.74 Å². The van der Waals surface area contributed by atoms with Gasteiger partial charge in [0.2, 0.25) is 0 Å². The first-order valence-corrected chi connectivity index (χ1v) is 7.51. The van der Waals surface area contributed by atoms with Gasteiger partial charge >= 0.3 is 5.97 Å². The molecule has 0 fully saturated rings. The zero-order valence-electron chi connectivity index (χ0n) is 11.6. The summed E-state index contributed by atoms with van der Waals surface area (Å²) in [5, 5.41) is 9.51. The van der Waals surface area contributed by atoms with Gasteiger partial charge in [-0.1, -0.05) is 30.3 Å². The number of thiazole rings is 1. The molecular weight excluding hydrogens is 298 g/mol. The normalized spacial score (nSPS) is 11.1. The molecule has 3 rings (SSSR count). The van der Waals surface area contributed by atoms with Crippen molar-refractivity contribution in [1.82, 2.24) is 4.98 Å². The van der Waals surface area contributed by atoms with E-state index in [4.69, 9.17) is 9.84 Å². The lowest BCUT2D eigenvalue weighted by atomic mass is 10.2. The molecule has 0 saturated heterocycles. The lowest BCUT2D eigenvalue weighted by Crippen LogP contribution is -2.09. The minimum absolute atomic E-state index is 0.332. The number of carbonyl (C=O) groups is 1. The first-order chi connectivity index (χ1) is 10.7. The van der Waals surface area contributed by atoms with Crippen LogP contribution in [0.3, 0.4) is 0 Å². The van der Waals surface area contributed by atoms with Crippen molar-refractivity contribution in [2.75, 3.05) is 6.61 Å². The highest BCUT2D eigenvalue weighted by molar-refractivity contribution is 7.19. The molecule has 22 heavy (non-hydrogen) atoms. The Kier molecular flexibility index (Phi) is 4.16. The summed E-state index contributed by atoms with van der Waals surface area (Å²) in [5.41, 5.74) is 2.01. The Hall–Kier alpha value is -2.66. The molecule has 0 amide bonds. The van der Waals surface area contributed by atoms with Crippen molar-refractivity contribution in [2.45, 2.75) is 0 Å². The molecule has 0 aliphatic heterocycles. The third-order valence-electron chi connectivity index (χ3n) is 2.97. The fraction of sp³-hybridized carbons (Fsp3) is 0.0588. The monoisotopic (exact) mass is 311 g/mol. The van der Waals surface area contributed by atoms with E-state index in [-0.39, 0.29) is 6.61 Å². The van der Waals surface area contributed by atoms with Crippen LogP contribution in [0.25, 0.3) is 22.4 Å². The van der Waals surface area contributed by atoms with Crippen molar-refractivity contribution >= 4 is 39.7 Å². The number of ether oxygens (including phenoxy) is 1. The smallest absolute Gasteiger partial charge is 0.341 e. The quantitative estimate of drug-likeness (QED) is 0.775. The first kappa shape index (κ1) is 14.3. The Morgan fingerprint density at radius 2 is 1.91 bits per heavy atom. The average molecular weight is 311 g/mol. The lowest BCUT2D eigenvalue weighted by Gasteiger charge is -2.02. The molecule has 0 spiro atoms. The van der Waals surface area contributed by atoms with E-state index in [9.17, 15) is 4.79 Å². The summed E-state index contributed by atoms with van der Waals surface area (Å²) in [4.78, 5) is 15.0. The van der Waals surface area contributed by atoms with Gasteiger partial charge in [-0.15, -0.1) is 11.3 Å². The summed E-state index contributed by atoms with van der Waals surface area (Å²) < 4.78 is 6.26. The third-order valence-corrected chi connectivity index (χ3v) is 3.97. The molecule has 0 aliphatic carbocycles. The number of carboxylic acid groups (broad SMARTS) is 1. The molecular formula is C17H13NO3S. The number of nitrogens with zero attached hydrogens (tertiary/aromatic N) is 1. The Morgan fingerprint density at radius 3 is 2.64 bits per heavy atom. The Labute approximate surface area is 131 Å². The molecule has 110 valence electrons. The molecule has 0 bridgehead atoms. The van der Waals surface area contributed by atoms with E-state index < -0.39 is 5.97 Å². The number of rotatable bonds is 5.